The lowest BCUT2D eigenvalue weighted by atomic mass is 10.3. The van der Waals surface area contributed by atoms with Crippen molar-refractivity contribution in [3.63, 3.8) is 0 Å². The Hall–Kier alpha value is -1.46. The summed E-state index contributed by atoms with van der Waals surface area (Å²) in [5.41, 5.74) is 0. The van der Waals surface area contributed by atoms with Crippen LogP contribution in [0.1, 0.15) is 14.5 Å². The summed E-state index contributed by atoms with van der Waals surface area (Å²) in [7, 11) is 0. The number of thiophene rings is 1. The number of carbonyl (C=O) groups is 1. The highest BCUT2D eigenvalue weighted by Gasteiger charge is 2.28. The lowest BCUT2D eigenvalue weighted by molar-refractivity contribution is -0.174. The summed E-state index contributed by atoms with van der Waals surface area (Å²) in [4.78, 5) is 13.8. The number of nitrogens with zero attached hydrogens (tertiary/aromatic N) is 1. The largest absolute Gasteiger partial charge is 0.433 e. The van der Waals surface area contributed by atoms with Gasteiger partial charge in [0.25, 0.3) is 5.91 Å². The van der Waals surface area contributed by atoms with E-state index in [0.717, 1.165) is 16.2 Å². The molecule has 0 aliphatic heterocycles. The molecule has 5 nitrogen and oxygen atoms in total. The molecule has 0 aliphatic carbocycles. The molecular weight excluding hydrogens is 361 g/mol. The molecule has 0 aliphatic rings. The van der Waals surface area contributed by atoms with Crippen LogP contribution >= 0.6 is 11.3 Å². The Labute approximate surface area is 138 Å². The number of ether oxygens (including phenoxy) is 2. The van der Waals surface area contributed by atoms with Gasteiger partial charge in [0.15, 0.2) is 0 Å². The van der Waals surface area contributed by atoms with Crippen molar-refractivity contribution >= 4 is 17.2 Å². The maximum atomic E-state index is 12.4. The van der Waals surface area contributed by atoms with Gasteiger partial charge in [-0.3, -0.25) is 4.79 Å². The van der Waals surface area contributed by atoms with Crippen LogP contribution in [0.4, 0.5) is 22.0 Å². The number of hydrogen-bond acceptors (Lipinski definition) is 5. The Morgan fingerprint density at radius 3 is 2.58 bits per heavy atom. The fourth-order valence-corrected chi connectivity index (χ4v) is 2.68. The first-order valence-corrected chi connectivity index (χ1v) is 7.55. The SMILES string of the molecule is Cc1cc(OC(F)F)c(C(=O)N(CCO)CCOCC(F)(F)F)s1. The van der Waals surface area contributed by atoms with Crippen molar-refractivity contribution in [2.24, 2.45) is 0 Å². The molecule has 0 fully saturated rings. The van der Waals surface area contributed by atoms with E-state index < -0.39 is 38.5 Å². The van der Waals surface area contributed by atoms with Crippen LogP contribution in [0.3, 0.4) is 0 Å². The summed E-state index contributed by atoms with van der Waals surface area (Å²) in [6, 6.07) is 1.27. The first-order valence-electron chi connectivity index (χ1n) is 6.74. The average molecular weight is 377 g/mol. The minimum absolute atomic E-state index is 0.114. The number of alkyl halides is 5. The van der Waals surface area contributed by atoms with Crippen molar-refractivity contribution in [3.8, 4) is 5.75 Å². The van der Waals surface area contributed by atoms with Crippen LogP contribution in [0.5, 0.6) is 5.75 Å². The molecule has 1 rings (SSSR count). The zero-order valence-corrected chi connectivity index (χ0v) is 13.4. The third kappa shape index (κ3) is 6.97. The van der Waals surface area contributed by atoms with E-state index in [4.69, 9.17) is 5.11 Å². The summed E-state index contributed by atoms with van der Waals surface area (Å²) in [5.74, 6) is -1.04. The first-order chi connectivity index (χ1) is 11.1. The quantitative estimate of drug-likeness (QED) is 0.531. The second kappa shape index (κ2) is 9.14. The van der Waals surface area contributed by atoms with Gasteiger partial charge in [0.1, 0.15) is 17.2 Å². The highest BCUT2D eigenvalue weighted by Crippen LogP contribution is 2.31. The monoisotopic (exact) mass is 377 g/mol. The van der Waals surface area contributed by atoms with Gasteiger partial charge >= 0.3 is 12.8 Å². The summed E-state index contributed by atoms with van der Waals surface area (Å²) in [6.45, 7) is -4.28. The van der Waals surface area contributed by atoms with E-state index in [0.29, 0.717) is 4.88 Å². The van der Waals surface area contributed by atoms with E-state index in [1.165, 1.54) is 6.07 Å². The maximum Gasteiger partial charge on any atom is 0.411 e. The molecule has 11 heteroatoms. The van der Waals surface area contributed by atoms with Crippen molar-refractivity contribution in [1.82, 2.24) is 4.90 Å². The molecule has 0 spiro atoms. The third-order valence-electron chi connectivity index (χ3n) is 2.66. The summed E-state index contributed by atoms with van der Waals surface area (Å²) < 4.78 is 69.4. The topological polar surface area (TPSA) is 59.0 Å². The van der Waals surface area contributed by atoms with E-state index >= 15 is 0 Å². The van der Waals surface area contributed by atoms with Crippen molar-refractivity contribution in [1.29, 1.82) is 0 Å². The third-order valence-corrected chi connectivity index (χ3v) is 3.68. The van der Waals surface area contributed by atoms with Crippen molar-refractivity contribution in [3.05, 3.63) is 15.8 Å². The number of amides is 1. The van der Waals surface area contributed by atoms with Gasteiger partial charge < -0.3 is 19.5 Å². The molecule has 1 aromatic heterocycles. The van der Waals surface area contributed by atoms with Gasteiger partial charge in [0.05, 0.1) is 13.2 Å². The van der Waals surface area contributed by atoms with Gasteiger partial charge in [-0.25, -0.2) is 0 Å². The predicted molar refractivity (Wildman–Crippen MR) is 75.6 cm³/mol. The average Bonchev–Trinajstić information content (AvgIpc) is 2.80. The van der Waals surface area contributed by atoms with Crippen LogP contribution in [0.2, 0.25) is 0 Å². The van der Waals surface area contributed by atoms with E-state index in [1.807, 2.05) is 0 Å². The van der Waals surface area contributed by atoms with Crippen LogP contribution in [0, 0.1) is 6.92 Å². The van der Waals surface area contributed by atoms with Crippen molar-refractivity contribution in [2.45, 2.75) is 19.7 Å². The molecule has 0 atom stereocenters. The Bertz CT molecular complexity index is 535. The Morgan fingerprint density at radius 1 is 1.38 bits per heavy atom. The van der Waals surface area contributed by atoms with Crippen LogP contribution in [0.15, 0.2) is 6.07 Å². The fraction of sp³-hybridized carbons (Fsp3) is 0.615. The minimum Gasteiger partial charge on any atom is -0.433 e. The second-order valence-corrected chi connectivity index (χ2v) is 5.87. The number of aliphatic hydroxyl groups excluding tert-OH is 1. The van der Waals surface area contributed by atoms with Crippen LogP contribution in [-0.2, 0) is 4.74 Å². The number of hydrogen-bond donors (Lipinski definition) is 1. The van der Waals surface area contributed by atoms with E-state index in [2.05, 4.69) is 9.47 Å². The van der Waals surface area contributed by atoms with Gasteiger partial charge in [-0.2, -0.15) is 22.0 Å². The van der Waals surface area contributed by atoms with Crippen molar-refractivity contribution < 1.29 is 41.3 Å². The molecule has 1 aromatic rings. The summed E-state index contributed by atoms with van der Waals surface area (Å²) >= 11 is 0.910. The molecular formula is C13H16F5NO4S. The smallest absolute Gasteiger partial charge is 0.411 e. The predicted octanol–water partition coefficient (Wildman–Crippen LogP) is 2.67. The normalized spacial score (nSPS) is 11.8. The summed E-state index contributed by atoms with van der Waals surface area (Å²) in [6.07, 6.45) is -4.49. The van der Waals surface area contributed by atoms with Crippen molar-refractivity contribution in [2.75, 3.05) is 32.9 Å². The van der Waals surface area contributed by atoms with Gasteiger partial charge in [0, 0.05) is 18.0 Å². The zero-order chi connectivity index (χ0) is 18.3. The van der Waals surface area contributed by atoms with Crippen LogP contribution in [0.25, 0.3) is 0 Å². The highest BCUT2D eigenvalue weighted by atomic mass is 32.1. The lowest BCUT2D eigenvalue weighted by Crippen LogP contribution is -2.36. The zero-order valence-electron chi connectivity index (χ0n) is 12.6. The lowest BCUT2D eigenvalue weighted by Gasteiger charge is -2.21. The fourth-order valence-electron chi connectivity index (χ4n) is 1.77. The maximum absolute atomic E-state index is 12.4. The number of rotatable bonds is 9. The first kappa shape index (κ1) is 20.6. The second-order valence-electron chi connectivity index (χ2n) is 4.61. The molecule has 0 unspecified atom stereocenters. The summed E-state index contributed by atoms with van der Waals surface area (Å²) in [5, 5.41) is 8.98. The molecule has 24 heavy (non-hydrogen) atoms. The number of carbonyl (C=O) groups excluding carboxylic acids is 1. The Balaban J connectivity index is 2.75. The standard InChI is InChI=1S/C13H16F5NO4S/c1-8-6-9(23-12(14)15)10(24-8)11(21)19(2-4-20)3-5-22-7-13(16,17)18/h6,12,20H,2-5,7H2,1H3. The number of aliphatic hydroxyl groups is 1. The van der Waals surface area contributed by atoms with Crippen LogP contribution in [-0.4, -0.2) is 61.6 Å². The van der Waals surface area contributed by atoms with Crippen LogP contribution < -0.4 is 4.74 Å². The molecule has 0 radical (unpaired) electrons. The molecule has 138 valence electrons. The van der Waals surface area contributed by atoms with Gasteiger partial charge in [0.2, 0.25) is 0 Å². The minimum atomic E-state index is -4.49. The molecule has 0 saturated heterocycles. The number of aryl methyl sites for hydroxylation is 1. The van der Waals surface area contributed by atoms with Gasteiger partial charge in [-0.1, -0.05) is 0 Å². The highest BCUT2D eigenvalue weighted by molar-refractivity contribution is 7.14. The number of halogens is 5. The Morgan fingerprint density at radius 2 is 2.04 bits per heavy atom. The molecule has 1 N–H and O–H groups in total. The Kier molecular flexibility index (Phi) is 7.84. The molecule has 1 heterocycles. The van der Waals surface area contributed by atoms with Gasteiger partial charge in [-0.15, -0.1) is 11.3 Å². The molecule has 0 bridgehead atoms. The van der Waals surface area contributed by atoms with E-state index in [9.17, 15) is 26.7 Å². The van der Waals surface area contributed by atoms with Gasteiger partial charge in [-0.05, 0) is 13.0 Å². The molecule has 0 aromatic carbocycles. The molecule has 0 saturated carbocycles. The molecule has 1 amide bonds. The van der Waals surface area contributed by atoms with E-state index in [-0.39, 0.29) is 23.7 Å². The van der Waals surface area contributed by atoms with E-state index in [1.54, 1.807) is 6.92 Å².